The van der Waals surface area contributed by atoms with Crippen molar-refractivity contribution in [1.29, 1.82) is 0 Å². The van der Waals surface area contributed by atoms with Gasteiger partial charge in [0.2, 0.25) is 11.8 Å². The first-order chi connectivity index (χ1) is 9.55. The van der Waals surface area contributed by atoms with E-state index in [1.165, 1.54) is 14.2 Å². The monoisotopic (exact) mass is 298 g/mol. The summed E-state index contributed by atoms with van der Waals surface area (Å²) >= 11 is 6.08. The number of methoxy groups -OCH3 is 2. The SMILES string of the molecule is COc1cc(Cl)c(NC(=O)C2CNC(=O)C2)cc1OC. The Kier molecular flexibility index (Phi) is 4.34. The minimum atomic E-state index is -0.383. The highest BCUT2D eigenvalue weighted by Crippen LogP contribution is 2.36. The molecule has 7 heteroatoms. The molecule has 2 N–H and O–H groups in total. The molecule has 6 nitrogen and oxygen atoms in total. The minimum absolute atomic E-state index is 0.122. The molecule has 1 atom stereocenters. The van der Waals surface area contributed by atoms with Crippen LogP contribution in [0.2, 0.25) is 5.02 Å². The molecular formula is C13H15ClN2O4. The van der Waals surface area contributed by atoms with Crippen LogP contribution in [0.1, 0.15) is 6.42 Å². The molecule has 1 heterocycles. The van der Waals surface area contributed by atoms with Crippen molar-refractivity contribution < 1.29 is 19.1 Å². The van der Waals surface area contributed by atoms with Crippen LogP contribution in [0.25, 0.3) is 0 Å². The van der Waals surface area contributed by atoms with Crippen LogP contribution in [-0.2, 0) is 9.59 Å². The maximum absolute atomic E-state index is 12.0. The maximum Gasteiger partial charge on any atom is 0.229 e. The number of ether oxygens (including phenoxy) is 2. The van der Waals surface area contributed by atoms with Crippen LogP contribution in [0.4, 0.5) is 5.69 Å². The normalized spacial score (nSPS) is 17.6. The number of carbonyl (C=O) groups excluding carboxylic acids is 2. The van der Waals surface area contributed by atoms with Gasteiger partial charge in [0.05, 0.1) is 30.8 Å². The van der Waals surface area contributed by atoms with Gasteiger partial charge in [0.25, 0.3) is 0 Å². The molecule has 2 amide bonds. The van der Waals surface area contributed by atoms with Crippen LogP contribution in [-0.4, -0.2) is 32.6 Å². The van der Waals surface area contributed by atoms with Crippen LogP contribution in [0, 0.1) is 5.92 Å². The number of hydrogen-bond acceptors (Lipinski definition) is 4. The van der Waals surface area contributed by atoms with Gasteiger partial charge in [-0.05, 0) is 0 Å². The summed E-state index contributed by atoms with van der Waals surface area (Å²) in [6, 6.07) is 3.15. The van der Waals surface area contributed by atoms with Gasteiger partial charge in [-0.25, -0.2) is 0 Å². The summed E-state index contributed by atoms with van der Waals surface area (Å²) in [4.78, 5) is 23.1. The first-order valence-corrected chi connectivity index (χ1v) is 6.42. The molecule has 108 valence electrons. The summed E-state index contributed by atoms with van der Waals surface area (Å²) in [7, 11) is 3.00. The third-order valence-corrected chi connectivity index (χ3v) is 3.39. The molecule has 1 aromatic carbocycles. The number of benzene rings is 1. The zero-order valence-electron chi connectivity index (χ0n) is 11.2. The van der Waals surface area contributed by atoms with Gasteiger partial charge in [0.1, 0.15) is 0 Å². The summed E-state index contributed by atoms with van der Waals surface area (Å²) in [5.74, 6) is 0.189. The van der Waals surface area contributed by atoms with Crippen molar-refractivity contribution in [2.45, 2.75) is 6.42 Å². The molecule has 1 saturated heterocycles. The van der Waals surface area contributed by atoms with Crippen molar-refractivity contribution in [2.75, 3.05) is 26.1 Å². The van der Waals surface area contributed by atoms with Gasteiger partial charge in [-0.2, -0.15) is 0 Å². The fourth-order valence-corrected chi connectivity index (χ4v) is 2.18. The number of nitrogens with one attached hydrogen (secondary N) is 2. The molecule has 1 aromatic rings. The van der Waals surface area contributed by atoms with E-state index in [-0.39, 0.29) is 24.2 Å². The number of anilines is 1. The predicted molar refractivity (Wildman–Crippen MR) is 74.3 cm³/mol. The minimum Gasteiger partial charge on any atom is -0.493 e. The maximum atomic E-state index is 12.0. The van der Waals surface area contributed by atoms with E-state index in [1.807, 2.05) is 0 Å². The van der Waals surface area contributed by atoms with E-state index >= 15 is 0 Å². The van der Waals surface area contributed by atoms with Crippen molar-refractivity contribution >= 4 is 29.1 Å². The Balaban J connectivity index is 2.16. The fourth-order valence-electron chi connectivity index (χ4n) is 1.98. The molecule has 0 radical (unpaired) electrons. The number of amides is 2. The van der Waals surface area contributed by atoms with Crippen molar-refractivity contribution in [1.82, 2.24) is 5.32 Å². The predicted octanol–water partition coefficient (Wildman–Crippen LogP) is 1.43. The van der Waals surface area contributed by atoms with E-state index in [0.717, 1.165) is 0 Å². The second kappa shape index (κ2) is 6.00. The lowest BCUT2D eigenvalue weighted by molar-refractivity contribution is -0.123. The Morgan fingerprint density at radius 1 is 1.35 bits per heavy atom. The first kappa shape index (κ1) is 14.5. The molecule has 1 aliphatic rings. The highest BCUT2D eigenvalue weighted by atomic mass is 35.5. The third kappa shape index (κ3) is 2.96. The molecule has 0 saturated carbocycles. The molecule has 0 spiro atoms. The highest BCUT2D eigenvalue weighted by molar-refractivity contribution is 6.34. The lowest BCUT2D eigenvalue weighted by atomic mass is 10.1. The second-order valence-electron chi connectivity index (χ2n) is 4.38. The largest absolute Gasteiger partial charge is 0.493 e. The molecule has 1 fully saturated rings. The summed E-state index contributed by atoms with van der Waals surface area (Å²) in [6.07, 6.45) is 0.191. The number of hydrogen-bond donors (Lipinski definition) is 2. The van der Waals surface area contributed by atoms with Crippen molar-refractivity contribution in [2.24, 2.45) is 5.92 Å². The summed E-state index contributed by atoms with van der Waals surface area (Å²) in [5, 5.41) is 5.66. The molecular weight excluding hydrogens is 284 g/mol. The van der Waals surface area contributed by atoms with Crippen LogP contribution < -0.4 is 20.1 Å². The average Bonchev–Trinajstić information content (AvgIpc) is 2.87. The van der Waals surface area contributed by atoms with E-state index < -0.39 is 0 Å². The summed E-state index contributed by atoms with van der Waals surface area (Å²) < 4.78 is 10.3. The zero-order valence-corrected chi connectivity index (χ0v) is 11.9. The topological polar surface area (TPSA) is 76.7 Å². The smallest absolute Gasteiger partial charge is 0.229 e. The Labute approximate surface area is 121 Å². The lowest BCUT2D eigenvalue weighted by Crippen LogP contribution is -2.24. The van der Waals surface area contributed by atoms with Gasteiger partial charge in [-0.3, -0.25) is 9.59 Å². The summed E-state index contributed by atoms with van der Waals surface area (Å²) in [6.45, 7) is 0.343. The van der Waals surface area contributed by atoms with Crippen LogP contribution >= 0.6 is 11.6 Å². The highest BCUT2D eigenvalue weighted by Gasteiger charge is 2.28. The Hall–Kier alpha value is -1.95. The molecule has 1 aliphatic heterocycles. The van der Waals surface area contributed by atoms with Crippen LogP contribution in [0.5, 0.6) is 11.5 Å². The van der Waals surface area contributed by atoms with E-state index in [4.69, 9.17) is 21.1 Å². The third-order valence-electron chi connectivity index (χ3n) is 3.08. The molecule has 0 bridgehead atoms. The quantitative estimate of drug-likeness (QED) is 0.881. The molecule has 1 unspecified atom stereocenters. The van der Waals surface area contributed by atoms with Crippen molar-refractivity contribution in [3.05, 3.63) is 17.2 Å². The van der Waals surface area contributed by atoms with Crippen LogP contribution in [0.15, 0.2) is 12.1 Å². The molecule has 0 aliphatic carbocycles. The Bertz CT molecular complexity index is 547. The van der Waals surface area contributed by atoms with E-state index in [1.54, 1.807) is 12.1 Å². The van der Waals surface area contributed by atoms with Crippen molar-refractivity contribution in [3.8, 4) is 11.5 Å². The fraction of sp³-hybridized carbons (Fsp3) is 0.385. The number of carbonyl (C=O) groups is 2. The standard InChI is InChI=1S/C13H15ClN2O4/c1-19-10-4-8(14)9(5-11(10)20-2)16-13(18)7-3-12(17)15-6-7/h4-5,7H,3,6H2,1-2H3,(H,15,17)(H,16,18). The Morgan fingerprint density at radius 3 is 2.55 bits per heavy atom. The van der Waals surface area contributed by atoms with Crippen LogP contribution in [0.3, 0.4) is 0 Å². The van der Waals surface area contributed by atoms with Gasteiger partial charge in [-0.1, -0.05) is 11.6 Å². The Morgan fingerprint density at radius 2 is 2.00 bits per heavy atom. The van der Waals surface area contributed by atoms with Gasteiger partial charge in [0.15, 0.2) is 11.5 Å². The van der Waals surface area contributed by atoms with E-state index in [2.05, 4.69) is 10.6 Å². The van der Waals surface area contributed by atoms with E-state index in [0.29, 0.717) is 28.8 Å². The molecule has 0 aromatic heterocycles. The van der Waals surface area contributed by atoms with E-state index in [9.17, 15) is 9.59 Å². The second-order valence-corrected chi connectivity index (χ2v) is 4.79. The zero-order chi connectivity index (χ0) is 14.7. The van der Waals surface area contributed by atoms with Gasteiger partial charge in [0, 0.05) is 25.1 Å². The van der Waals surface area contributed by atoms with Crippen molar-refractivity contribution in [3.63, 3.8) is 0 Å². The summed E-state index contributed by atoms with van der Waals surface area (Å²) in [5.41, 5.74) is 0.425. The average molecular weight is 299 g/mol. The number of halogens is 1. The molecule has 2 rings (SSSR count). The van der Waals surface area contributed by atoms with Gasteiger partial charge < -0.3 is 20.1 Å². The lowest BCUT2D eigenvalue weighted by Gasteiger charge is -2.14. The van der Waals surface area contributed by atoms with Gasteiger partial charge in [-0.15, -0.1) is 0 Å². The molecule has 20 heavy (non-hydrogen) atoms. The van der Waals surface area contributed by atoms with Gasteiger partial charge >= 0.3 is 0 Å². The first-order valence-electron chi connectivity index (χ1n) is 6.04. The number of rotatable bonds is 4.